The lowest BCUT2D eigenvalue weighted by Gasteiger charge is -2.27. The molecule has 2 aliphatic rings. The smallest absolute Gasteiger partial charge is 0.224 e. The molecule has 2 heteroatoms. The van der Waals surface area contributed by atoms with Crippen molar-refractivity contribution >= 4 is 5.91 Å². The highest BCUT2D eigenvalue weighted by Gasteiger charge is 2.23. The van der Waals surface area contributed by atoms with Crippen LogP contribution >= 0.6 is 0 Å². The maximum atomic E-state index is 11.1. The highest BCUT2D eigenvalue weighted by Crippen LogP contribution is 2.30. The number of amides is 1. The SMILES string of the molecule is CC.CC1C=C2CCC(=O)NC2=CC1C. The number of hydrogen-bond donors (Lipinski definition) is 1. The average Bonchev–Trinajstić information content (AvgIpc) is 2.23. The van der Waals surface area contributed by atoms with E-state index in [-0.39, 0.29) is 5.91 Å². The first kappa shape index (κ1) is 12.0. The summed E-state index contributed by atoms with van der Waals surface area (Å²) in [6.45, 7) is 8.41. The molecule has 1 aliphatic heterocycles. The number of hydrogen-bond acceptors (Lipinski definition) is 1. The summed E-state index contributed by atoms with van der Waals surface area (Å²) in [6, 6.07) is 0. The fourth-order valence-electron chi connectivity index (χ4n) is 1.88. The van der Waals surface area contributed by atoms with Crippen LogP contribution in [0, 0.1) is 11.8 Å². The van der Waals surface area contributed by atoms with E-state index in [0.29, 0.717) is 18.3 Å². The van der Waals surface area contributed by atoms with E-state index in [0.717, 1.165) is 12.1 Å². The lowest BCUT2D eigenvalue weighted by Crippen LogP contribution is -2.31. The monoisotopic (exact) mass is 207 g/mol. The second-order valence-corrected chi connectivity index (χ2v) is 4.04. The van der Waals surface area contributed by atoms with Gasteiger partial charge in [0.25, 0.3) is 0 Å². The second-order valence-electron chi connectivity index (χ2n) is 4.04. The first-order chi connectivity index (χ1) is 7.16. The zero-order chi connectivity index (χ0) is 11.4. The van der Waals surface area contributed by atoms with Crippen LogP contribution in [0.2, 0.25) is 0 Å². The van der Waals surface area contributed by atoms with Gasteiger partial charge in [0.15, 0.2) is 0 Å². The van der Waals surface area contributed by atoms with Crippen LogP contribution in [0.5, 0.6) is 0 Å². The van der Waals surface area contributed by atoms with Crippen LogP contribution in [0.1, 0.15) is 40.5 Å². The molecule has 15 heavy (non-hydrogen) atoms. The van der Waals surface area contributed by atoms with Crippen molar-refractivity contribution in [1.82, 2.24) is 5.32 Å². The van der Waals surface area contributed by atoms with Gasteiger partial charge >= 0.3 is 0 Å². The molecular formula is C13H21NO. The van der Waals surface area contributed by atoms with E-state index < -0.39 is 0 Å². The third-order valence-corrected chi connectivity index (χ3v) is 2.96. The summed E-state index contributed by atoms with van der Waals surface area (Å²) in [5.74, 6) is 1.30. The number of allylic oxidation sites excluding steroid dienone is 3. The van der Waals surface area contributed by atoms with Gasteiger partial charge in [0.1, 0.15) is 0 Å². The van der Waals surface area contributed by atoms with Crippen LogP contribution in [0.4, 0.5) is 0 Å². The van der Waals surface area contributed by atoms with Crippen LogP contribution < -0.4 is 5.32 Å². The van der Waals surface area contributed by atoms with Crippen molar-refractivity contribution in [2.75, 3.05) is 0 Å². The van der Waals surface area contributed by atoms with E-state index >= 15 is 0 Å². The molecule has 0 bridgehead atoms. The molecule has 0 aromatic heterocycles. The van der Waals surface area contributed by atoms with E-state index in [1.165, 1.54) is 5.57 Å². The number of carbonyl (C=O) groups is 1. The third-order valence-electron chi connectivity index (χ3n) is 2.96. The Bertz CT molecular complexity index is 302. The summed E-state index contributed by atoms with van der Waals surface area (Å²) in [7, 11) is 0. The first-order valence-corrected chi connectivity index (χ1v) is 5.89. The normalized spacial score (nSPS) is 28.9. The minimum absolute atomic E-state index is 0.158. The Labute approximate surface area is 92.4 Å². The van der Waals surface area contributed by atoms with Gasteiger partial charge in [0.05, 0.1) is 0 Å². The van der Waals surface area contributed by atoms with Crippen LogP contribution in [0.3, 0.4) is 0 Å². The second kappa shape index (κ2) is 5.15. The topological polar surface area (TPSA) is 29.1 Å². The van der Waals surface area contributed by atoms with Crippen molar-refractivity contribution in [3.8, 4) is 0 Å². The number of rotatable bonds is 0. The highest BCUT2D eigenvalue weighted by molar-refractivity contribution is 5.81. The third kappa shape index (κ3) is 2.71. The van der Waals surface area contributed by atoms with Crippen molar-refractivity contribution in [2.24, 2.45) is 11.8 Å². The fourth-order valence-corrected chi connectivity index (χ4v) is 1.88. The van der Waals surface area contributed by atoms with Gasteiger partial charge < -0.3 is 5.32 Å². The van der Waals surface area contributed by atoms with Crippen molar-refractivity contribution in [1.29, 1.82) is 0 Å². The molecule has 0 saturated carbocycles. The molecule has 1 fully saturated rings. The summed E-state index contributed by atoms with van der Waals surface area (Å²) >= 11 is 0. The molecule has 2 atom stereocenters. The van der Waals surface area contributed by atoms with E-state index in [9.17, 15) is 4.79 Å². The van der Waals surface area contributed by atoms with Crippen LogP contribution in [0.15, 0.2) is 23.4 Å². The minimum Gasteiger partial charge on any atom is -0.326 e. The lowest BCUT2D eigenvalue weighted by molar-refractivity contribution is -0.120. The Morgan fingerprint density at radius 2 is 1.73 bits per heavy atom. The molecule has 1 saturated heterocycles. The van der Waals surface area contributed by atoms with Crippen molar-refractivity contribution in [3.05, 3.63) is 23.4 Å². The van der Waals surface area contributed by atoms with Crippen LogP contribution in [-0.4, -0.2) is 5.91 Å². The largest absolute Gasteiger partial charge is 0.326 e. The Balaban J connectivity index is 0.000000531. The van der Waals surface area contributed by atoms with Crippen LogP contribution in [-0.2, 0) is 4.79 Å². The molecule has 2 rings (SSSR count). The van der Waals surface area contributed by atoms with Crippen molar-refractivity contribution in [3.63, 3.8) is 0 Å². The molecule has 1 heterocycles. The zero-order valence-electron chi connectivity index (χ0n) is 10.1. The van der Waals surface area contributed by atoms with Gasteiger partial charge in [-0.25, -0.2) is 0 Å². The summed E-state index contributed by atoms with van der Waals surface area (Å²) < 4.78 is 0. The molecule has 0 aromatic carbocycles. The predicted molar refractivity (Wildman–Crippen MR) is 63.2 cm³/mol. The van der Waals surface area contributed by atoms with Gasteiger partial charge in [-0.1, -0.05) is 39.8 Å². The molecule has 84 valence electrons. The molecule has 2 nitrogen and oxygen atoms in total. The molecule has 1 N–H and O–H groups in total. The van der Waals surface area contributed by atoms with Gasteiger partial charge in [-0.3, -0.25) is 4.79 Å². The minimum atomic E-state index is 0.158. The Morgan fingerprint density at radius 3 is 2.40 bits per heavy atom. The first-order valence-electron chi connectivity index (χ1n) is 5.89. The standard InChI is InChI=1S/C11H15NO.C2H6/c1-7-5-9-3-4-11(13)12-10(9)6-8(7)2;1-2/h5-8H,3-4H2,1-2H3,(H,12,13);1-2H3. The van der Waals surface area contributed by atoms with Gasteiger partial charge in [-0.15, -0.1) is 0 Å². The van der Waals surface area contributed by atoms with Gasteiger partial charge in [-0.2, -0.15) is 0 Å². The molecule has 1 amide bonds. The summed E-state index contributed by atoms with van der Waals surface area (Å²) in [5, 5.41) is 2.92. The van der Waals surface area contributed by atoms with Gasteiger partial charge in [-0.05, 0) is 23.8 Å². The number of carbonyl (C=O) groups excluding carboxylic acids is 1. The quantitative estimate of drug-likeness (QED) is 0.650. The fraction of sp³-hybridized carbons (Fsp3) is 0.615. The van der Waals surface area contributed by atoms with E-state index in [4.69, 9.17) is 0 Å². The summed E-state index contributed by atoms with van der Waals surface area (Å²) in [6.07, 6.45) is 6.02. The van der Waals surface area contributed by atoms with Crippen molar-refractivity contribution in [2.45, 2.75) is 40.5 Å². The number of nitrogens with one attached hydrogen (secondary N) is 1. The number of fused-ring (bicyclic) bond motifs is 1. The predicted octanol–water partition coefficient (Wildman–Crippen LogP) is 3.02. The van der Waals surface area contributed by atoms with E-state index in [1.54, 1.807) is 0 Å². The Morgan fingerprint density at radius 1 is 1.13 bits per heavy atom. The molecule has 0 spiro atoms. The summed E-state index contributed by atoms with van der Waals surface area (Å²) in [4.78, 5) is 11.1. The van der Waals surface area contributed by atoms with Gasteiger partial charge in [0, 0.05) is 12.1 Å². The number of piperidine rings is 1. The maximum absolute atomic E-state index is 11.1. The lowest BCUT2D eigenvalue weighted by atomic mass is 9.84. The Hall–Kier alpha value is -1.05. The van der Waals surface area contributed by atoms with Gasteiger partial charge in [0.2, 0.25) is 5.91 Å². The van der Waals surface area contributed by atoms with Crippen molar-refractivity contribution < 1.29 is 4.79 Å². The highest BCUT2D eigenvalue weighted by atomic mass is 16.1. The molecule has 2 unspecified atom stereocenters. The molecular weight excluding hydrogens is 186 g/mol. The zero-order valence-corrected chi connectivity index (χ0v) is 10.1. The molecule has 0 radical (unpaired) electrons. The average molecular weight is 207 g/mol. The Kier molecular flexibility index (Phi) is 4.13. The summed E-state index contributed by atoms with van der Waals surface area (Å²) in [5.41, 5.74) is 2.38. The maximum Gasteiger partial charge on any atom is 0.224 e. The van der Waals surface area contributed by atoms with E-state index in [1.807, 2.05) is 13.8 Å². The molecule has 0 aromatic rings. The van der Waals surface area contributed by atoms with E-state index in [2.05, 4.69) is 31.3 Å². The molecule has 1 aliphatic carbocycles. The van der Waals surface area contributed by atoms with Crippen LogP contribution in [0.25, 0.3) is 0 Å².